The zero-order chi connectivity index (χ0) is 19.9. The van der Waals surface area contributed by atoms with Gasteiger partial charge in [0.1, 0.15) is 42.7 Å². The van der Waals surface area contributed by atoms with Crippen molar-refractivity contribution in [3.63, 3.8) is 0 Å². The molecule has 2 fully saturated rings. The van der Waals surface area contributed by atoms with Crippen LogP contribution < -0.4 is 0 Å². The van der Waals surface area contributed by atoms with E-state index in [9.17, 15) is 30.3 Å². The number of hydrogen-bond donors (Lipinski definition) is 6. The van der Waals surface area contributed by atoms with E-state index in [4.69, 9.17) is 24.1 Å². The molecule has 3 aliphatic heterocycles. The zero-order valence-corrected chi connectivity index (χ0v) is 14.4. The van der Waals surface area contributed by atoms with Crippen LogP contribution in [0.1, 0.15) is 13.3 Å². The van der Waals surface area contributed by atoms with Crippen LogP contribution in [-0.4, -0.2) is 110 Å². The summed E-state index contributed by atoms with van der Waals surface area (Å²) in [7, 11) is 0. The van der Waals surface area contributed by atoms with Gasteiger partial charge in [-0.2, -0.15) is 0 Å². The summed E-state index contributed by atoms with van der Waals surface area (Å²) in [5.41, 5.74) is 0. The molecule has 0 aromatic heterocycles. The molecule has 27 heavy (non-hydrogen) atoms. The molecule has 3 heterocycles. The molecule has 0 saturated carbocycles. The average Bonchev–Trinajstić information content (AvgIpc) is 3.06. The Morgan fingerprint density at radius 1 is 1.11 bits per heavy atom. The second kappa shape index (κ2) is 7.93. The number of rotatable bonds is 5. The minimum Gasteiger partial charge on any atom is -0.479 e. The average molecular weight is 393 g/mol. The fourth-order valence-electron chi connectivity index (χ4n) is 3.27. The number of hydrogen-bond acceptors (Lipinski definition) is 11. The molecule has 0 amide bonds. The van der Waals surface area contributed by atoms with E-state index in [0.717, 1.165) is 0 Å². The first-order valence-corrected chi connectivity index (χ1v) is 8.54. The third-order valence-electron chi connectivity index (χ3n) is 4.77. The number of fused-ring (bicyclic) bond motifs is 1. The SMILES string of the molecule is CCC1=N[C@H]2[C@@H](O1)O[C@H](CO)[C@H](O)[C@@H]2O[C@@H]1O[C@H](C(=O)O)[C@@H](O)[C@H](O)[C@H]1O. The third-order valence-corrected chi connectivity index (χ3v) is 4.77. The van der Waals surface area contributed by atoms with E-state index >= 15 is 0 Å². The number of nitrogens with zero attached hydrogens (tertiary/aromatic N) is 1. The van der Waals surface area contributed by atoms with Gasteiger partial charge in [-0.3, -0.25) is 0 Å². The van der Waals surface area contributed by atoms with E-state index < -0.39 is 73.9 Å². The maximum absolute atomic E-state index is 11.2. The van der Waals surface area contributed by atoms with Crippen molar-refractivity contribution in [1.82, 2.24) is 0 Å². The summed E-state index contributed by atoms with van der Waals surface area (Å²) in [6.45, 7) is 1.23. The van der Waals surface area contributed by atoms with Gasteiger partial charge < -0.3 is 49.6 Å². The van der Waals surface area contributed by atoms with Crippen LogP contribution in [-0.2, 0) is 23.7 Å². The van der Waals surface area contributed by atoms with Gasteiger partial charge in [-0.05, 0) is 0 Å². The number of carboxylic acid groups (broad SMARTS) is 1. The molecule has 0 aromatic rings. The van der Waals surface area contributed by atoms with Gasteiger partial charge in [-0.15, -0.1) is 0 Å². The summed E-state index contributed by atoms with van der Waals surface area (Å²) < 4.78 is 21.6. The van der Waals surface area contributed by atoms with Crippen LogP contribution >= 0.6 is 0 Å². The molecule has 154 valence electrons. The van der Waals surface area contributed by atoms with E-state index in [1.165, 1.54) is 0 Å². The van der Waals surface area contributed by atoms with Crippen LogP contribution in [0.25, 0.3) is 0 Å². The van der Waals surface area contributed by atoms with Gasteiger partial charge in [0.2, 0.25) is 6.29 Å². The monoisotopic (exact) mass is 393 g/mol. The largest absolute Gasteiger partial charge is 0.479 e. The van der Waals surface area contributed by atoms with Gasteiger partial charge in [0.05, 0.1) is 6.61 Å². The van der Waals surface area contributed by atoms with Crippen molar-refractivity contribution in [3.8, 4) is 0 Å². The van der Waals surface area contributed by atoms with Crippen molar-refractivity contribution >= 4 is 11.9 Å². The lowest BCUT2D eigenvalue weighted by Crippen LogP contribution is -2.64. The number of aliphatic carboxylic acids is 1. The van der Waals surface area contributed by atoms with Crippen LogP contribution in [0.15, 0.2) is 4.99 Å². The summed E-state index contributed by atoms with van der Waals surface area (Å²) in [6, 6.07) is -0.860. The highest BCUT2D eigenvalue weighted by atomic mass is 16.7. The number of aliphatic imine (C=N–C) groups is 1. The van der Waals surface area contributed by atoms with E-state index in [1.807, 2.05) is 0 Å². The Balaban J connectivity index is 1.82. The lowest BCUT2D eigenvalue weighted by Gasteiger charge is -2.44. The molecule has 0 unspecified atom stereocenters. The second-order valence-corrected chi connectivity index (χ2v) is 6.54. The molecule has 0 aliphatic carbocycles. The van der Waals surface area contributed by atoms with Gasteiger partial charge in [0.15, 0.2) is 18.3 Å². The maximum atomic E-state index is 11.2. The number of carboxylic acids is 1. The topological polar surface area (TPSA) is 188 Å². The number of carbonyl (C=O) groups is 1. The predicted molar refractivity (Wildman–Crippen MR) is 83.5 cm³/mol. The zero-order valence-electron chi connectivity index (χ0n) is 14.4. The Morgan fingerprint density at radius 2 is 1.81 bits per heavy atom. The minimum atomic E-state index is -1.87. The highest BCUT2D eigenvalue weighted by Gasteiger charge is 2.54. The van der Waals surface area contributed by atoms with Gasteiger partial charge in [-0.1, -0.05) is 6.92 Å². The quantitative estimate of drug-likeness (QED) is 0.272. The summed E-state index contributed by atoms with van der Waals surface area (Å²) in [6.07, 6.45) is -13.2. The van der Waals surface area contributed by atoms with E-state index in [2.05, 4.69) is 4.99 Å². The minimum absolute atomic E-state index is 0.341. The number of ether oxygens (including phenoxy) is 4. The Bertz CT molecular complexity index is 586. The van der Waals surface area contributed by atoms with Crippen molar-refractivity contribution in [2.24, 2.45) is 4.99 Å². The van der Waals surface area contributed by atoms with Crippen molar-refractivity contribution in [3.05, 3.63) is 0 Å². The van der Waals surface area contributed by atoms with Crippen LogP contribution in [0.5, 0.6) is 0 Å². The Labute approximate surface area is 153 Å². The highest BCUT2D eigenvalue weighted by molar-refractivity contribution is 5.77. The lowest BCUT2D eigenvalue weighted by atomic mass is 9.96. The van der Waals surface area contributed by atoms with Crippen LogP contribution in [0.2, 0.25) is 0 Å². The fraction of sp³-hybridized carbons (Fsp3) is 0.867. The summed E-state index contributed by atoms with van der Waals surface area (Å²) in [5, 5.41) is 58.7. The van der Waals surface area contributed by atoms with E-state index in [1.54, 1.807) is 6.92 Å². The molecule has 0 aromatic carbocycles. The Kier molecular flexibility index (Phi) is 5.98. The van der Waals surface area contributed by atoms with Gasteiger partial charge in [0, 0.05) is 6.42 Å². The summed E-state index contributed by atoms with van der Waals surface area (Å²) in [5.74, 6) is -1.22. The number of aliphatic hydroxyl groups is 5. The van der Waals surface area contributed by atoms with Gasteiger partial charge in [-0.25, -0.2) is 9.79 Å². The standard InChI is InChI=1S/C15H23NO11/c1-2-5-16-6-11(7(18)4(3-17)24-14(6)25-5)26-15-10(21)8(19)9(20)12(27-15)13(22)23/h4,6-12,14-15,17-21H,2-3H2,1H3,(H,22,23)/t4-,6-,7+,8+,9+,10-,11-,12+,14-,15-/m1/s1. The first-order chi connectivity index (χ1) is 12.8. The molecular weight excluding hydrogens is 370 g/mol. The van der Waals surface area contributed by atoms with E-state index in [0.29, 0.717) is 12.3 Å². The summed E-state index contributed by atoms with van der Waals surface area (Å²) >= 11 is 0. The van der Waals surface area contributed by atoms with E-state index in [-0.39, 0.29) is 0 Å². The molecule has 10 atom stereocenters. The molecule has 3 rings (SSSR count). The molecule has 6 N–H and O–H groups in total. The normalized spacial score (nSPS) is 47.1. The Morgan fingerprint density at radius 3 is 2.41 bits per heavy atom. The molecule has 2 saturated heterocycles. The van der Waals surface area contributed by atoms with Crippen LogP contribution in [0.4, 0.5) is 0 Å². The van der Waals surface area contributed by atoms with Crippen LogP contribution in [0, 0.1) is 0 Å². The molecule has 12 nitrogen and oxygen atoms in total. The first kappa shape index (κ1) is 20.4. The molecule has 0 bridgehead atoms. The number of aliphatic hydroxyl groups excluding tert-OH is 5. The van der Waals surface area contributed by atoms with Crippen molar-refractivity contribution in [1.29, 1.82) is 0 Å². The molecule has 0 radical (unpaired) electrons. The molecular formula is C15H23NO11. The first-order valence-electron chi connectivity index (χ1n) is 8.54. The van der Waals surface area contributed by atoms with Crippen molar-refractivity contribution < 1.29 is 54.4 Å². The van der Waals surface area contributed by atoms with Gasteiger partial charge >= 0.3 is 5.97 Å². The maximum Gasteiger partial charge on any atom is 0.335 e. The predicted octanol–water partition coefficient (Wildman–Crippen LogP) is -3.45. The van der Waals surface area contributed by atoms with Crippen molar-refractivity contribution in [2.45, 2.75) is 74.7 Å². The third kappa shape index (κ3) is 3.67. The molecule has 3 aliphatic rings. The summed E-state index contributed by atoms with van der Waals surface area (Å²) in [4.78, 5) is 15.4. The highest BCUT2D eigenvalue weighted by Crippen LogP contribution is 2.33. The molecule has 0 spiro atoms. The van der Waals surface area contributed by atoms with Crippen LogP contribution in [0.3, 0.4) is 0 Å². The van der Waals surface area contributed by atoms with Gasteiger partial charge in [0.25, 0.3) is 0 Å². The van der Waals surface area contributed by atoms with Crippen molar-refractivity contribution in [2.75, 3.05) is 6.61 Å². The molecule has 12 heteroatoms. The Hall–Kier alpha value is -1.38. The fourth-order valence-corrected chi connectivity index (χ4v) is 3.27. The lowest BCUT2D eigenvalue weighted by molar-refractivity contribution is -0.331. The second-order valence-electron chi connectivity index (χ2n) is 6.54. The smallest absolute Gasteiger partial charge is 0.335 e.